The number of halogens is 1. The Hall–Kier alpha value is -3.61. The van der Waals surface area contributed by atoms with E-state index in [-0.39, 0.29) is 5.82 Å². The van der Waals surface area contributed by atoms with Gasteiger partial charge in [-0.2, -0.15) is 10.2 Å². The number of rotatable bonds is 5. The van der Waals surface area contributed by atoms with Gasteiger partial charge in [-0.1, -0.05) is 30.3 Å². The molecule has 0 atom stereocenters. The molecule has 0 saturated carbocycles. The standard InChI is InChI=1S/C20H17FN6/c1-26(20-24-19(12-22-25-20)16-5-3-2-4-6-16)13-15-11-23-27(14-15)18-9-7-17(21)8-10-18/h2-12,14H,13H2,1H3. The van der Waals surface area contributed by atoms with E-state index in [1.54, 1.807) is 29.2 Å². The van der Waals surface area contributed by atoms with Crippen LogP contribution >= 0.6 is 0 Å². The maximum absolute atomic E-state index is 13.1. The van der Waals surface area contributed by atoms with Crippen molar-refractivity contribution in [3.63, 3.8) is 0 Å². The fourth-order valence-electron chi connectivity index (χ4n) is 2.73. The molecule has 0 aliphatic carbocycles. The highest BCUT2D eigenvalue weighted by Crippen LogP contribution is 2.18. The molecule has 0 spiro atoms. The molecule has 0 unspecified atom stereocenters. The molecule has 2 aromatic carbocycles. The fraction of sp³-hybridized carbons (Fsp3) is 0.100. The summed E-state index contributed by atoms with van der Waals surface area (Å²) in [4.78, 5) is 6.51. The van der Waals surface area contributed by atoms with Gasteiger partial charge in [-0.05, 0) is 24.3 Å². The number of nitrogens with zero attached hydrogens (tertiary/aromatic N) is 6. The van der Waals surface area contributed by atoms with E-state index in [2.05, 4.69) is 20.3 Å². The van der Waals surface area contributed by atoms with E-state index in [9.17, 15) is 4.39 Å². The van der Waals surface area contributed by atoms with Crippen LogP contribution in [0, 0.1) is 5.82 Å². The van der Waals surface area contributed by atoms with Gasteiger partial charge in [-0.25, -0.2) is 14.1 Å². The van der Waals surface area contributed by atoms with Crippen LogP contribution in [-0.2, 0) is 6.54 Å². The Kier molecular flexibility index (Phi) is 4.57. The second-order valence-corrected chi connectivity index (χ2v) is 6.13. The molecule has 0 radical (unpaired) electrons. The Morgan fingerprint density at radius 1 is 1.00 bits per heavy atom. The first-order chi connectivity index (χ1) is 13.2. The summed E-state index contributed by atoms with van der Waals surface area (Å²) >= 11 is 0. The Morgan fingerprint density at radius 2 is 1.78 bits per heavy atom. The molecule has 6 nitrogen and oxygen atoms in total. The third-order valence-electron chi connectivity index (χ3n) is 4.11. The molecule has 0 bridgehead atoms. The second kappa shape index (κ2) is 7.33. The lowest BCUT2D eigenvalue weighted by atomic mass is 10.2. The highest BCUT2D eigenvalue weighted by Gasteiger charge is 2.10. The van der Waals surface area contributed by atoms with Crippen LogP contribution in [0.3, 0.4) is 0 Å². The van der Waals surface area contributed by atoms with Gasteiger partial charge >= 0.3 is 0 Å². The van der Waals surface area contributed by atoms with Crippen LogP contribution in [0.25, 0.3) is 16.9 Å². The van der Waals surface area contributed by atoms with Gasteiger partial charge in [0.05, 0.1) is 23.8 Å². The van der Waals surface area contributed by atoms with Crippen LogP contribution in [0.5, 0.6) is 0 Å². The van der Waals surface area contributed by atoms with Gasteiger partial charge in [0.1, 0.15) is 5.82 Å². The minimum Gasteiger partial charge on any atom is -0.338 e. The summed E-state index contributed by atoms with van der Waals surface area (Å²) in [5.41, 5.74) is 3.55. The van der Waals surface area contributed by atoms with E-state index in [1.165, 1.54) is 12.1 Å². The zero-order chi connectivity index (χ0) is 18.6. The third kappa shape index (κ3) is 3.82. The van der Waals surface area contributed by atoms with Crippen molar-refractivity contribution in [2.75, 3.05) is 11.9 Å². The summed E-state index contributed by atoms with van der Waals surface area (Å²) in [6.07, 6.45) is 5.33. The van der Waals surface area contributed by atoms with Crippen molar-refractivity contribution in [2.45, 2.75) is 6.54 Å². The van der Waals surface area contributed by atoms with E-state index in [0.29, 0.717) is 12.5 Å². The van der Waals surface area contributed by atoms with Crippen LogP contribution in [0.4, 0.5) is 10.3 Å². The van der Waals surface area contributed by atoms with Crippen molar-refractivity contribution in [1.82, 2.24) is 25.0 Å². The number of hydrogen-bond donors (Lipinski definition) is 0. The lowest BCUT2D eigenvalue weighted by Gasteiger charge is -2.15. The summed E-state index contributed by atoms with van der Waals surface area (Å²) in [5.74, 6) is 0.264. The van der Waals surface area contributed by atoms with Crippen molar-refractivity contribution in [1.29, 1.82) is 0 Å². The summed E-state index contributed by atoms with van der Waals surface area (Å²) in [6, 6.07) is 16.1. The Bertz CT molecular complexity index is 1030. The number of aromatic nitrogens is 5. The topological polar surface area (TPSA) is 59.7 Å². The first-order valence-electron chi connectivity index (χ1n) is 8.45. The van der Waals surface area contributed by atoms with Crippen LogP contribution in [0.15, 0.2) is 73.2 Å². The van der Waals surface area contributed by atoms with Crippen LogP contribution in [-0.4, -0.2) is 32.0 Å². The molecule has 0 aliphatic rings. The molecule has 2 aromatic heterocycles. The van der Waals surface area contributed by atoms with Crippen LogP contribution in [0.2, 0.25) is 0 Å². The molecular weight excluding hydrogens is 343 g/mol. The lowest BCUT2D eigenvalue weighted by molar-refractivity contribution is 0.627. The van der Waals surface area contributed by atoms with E-state index < -0.39 is 0 Å². The summed E-state index contributed by atoms with van der Waals surface area (Å²) in [7, 11) is 1.90. The lowest BCUT2D eigenvalue weighted by Crippen LogP contribution is -2.19. The van der Waals surface area contributed by atoms with Gasteiger partial charge in [0.25, 0.3) is 0 Å². The zero-order valence-corrected chi connectivity index (χ0v) is 14.7. The minimum atomic E-state index is -0.270. The molecule has 134 valence electrons. The number of hydrogen-bond acceptors (Lipinski definition) is 5. The van der Waals surface area contributed by atoms with Gasteiger partial charge in [0.15, 0.2) is 0 Å². The van der Waals surface area contributed by atoms with Crippen molar-refractivity contribution < 1.29 is 4.39 Å². The molecule has 0 fully saturated rings. The molecular formula is C20H17FN6. The Labute approximate surface area is 155 Å². The number of anilines is 1. The largest absolute Gasteiger partial charge is 0.338 e. The minimum absolute atomic E-state index is 0.270. The summed E-state index contributed by atoms with van der Waals surface area (Å²) in [5, 5.41) is 12.5. The number of benzene rings is 2. The van der Waals surface area contributed by atoms with Crippen molar-refractivity contribution in [3.8, 4) is 16.9 Å². The van der Waals surface area contributed by atoms with E-state index in [1.807, 2.05) is 48.5 Å². The predicted molar refractivity (Wildman–Crippen MR) is 101 cm³/mol. The highest BCUT2D eigenvalue weighted by molar-refractivity contribution is 5.58. The van der Waals surface area contributed by atoms with Crippen molar-refractivity contribution >= 4 is 5.95 Å². The molecule has 4 aromatic rings. The van der Waals surface area contributed by atoms with Gasteiger partial charge in [-0.3, -0.25) is 0 Å². The summed E-state index contributed by atoms with van der Waals surface area (Å²) in [6.45, 7) is 0.571. The molecule has 7 heteroatoms. The second-order valence-electron chi connectivity index (χ2n) is 6.13. The van der Waals surface area contributed by atoms with E-state index >= 15 is 0 Å². The quantitative estimate of drug-likeness (QED) is 0.545. The summed E-state index contributed by atoms with van der Waals surface area (Å²) < 4.78 is 14.8. The van der Waals surface area contributed by atoms with Gasteiger partial charge in [0, 0.05) is 30.9 Å². The van der Waals surface area contributed by atoms with Crippen molar-refractivity contribution in [2.24, 2.45) is 0 Å². The SMILES string of the molecule is CN(Cc1cnn(-c2ccc(F)cc2)c1)c1nncc(-c2ccccc2)n1. The Morgan fingerprint density at radius 3 is 2.56 bits per heavy atom. The van der Waals surface area contributed by atoms with Gasteiger partial charge < -0.3 is 4.90 Å². The third-order valence-corrected chi connectivity index (χ3v) is 4.11. The van der Waals surface area contributed by atoms with Crippen molar-refractivity contribution in [3.05, 3.63) is 84.6 Å². The maximum atomic E-state index is 13.1. The normalized spacial score (nSPS) is 10.7. The van der Waals surface area contributed by atoms with Gasteiger partial charge in [-0.15, -0.1) is 5.10 Å². The van der Waals surface area contributed by atoms with E-state index in [4.69, 9.17) is 0 Å². The predicted octanol–water partition coefficient (Wildman–Crippen LogP) is 3.50. The monoisotopic (exact) mass is 360 g/mol. The average molecular weight is 360 g/mol. The van der Waals surface area contributed by atoms with Crippen LogP contribution < -0.4 is 4.90 Å². The average Bonchev–Trinajstić information content (AvgIpc) is 3.18. The van der Waals surface area contributed by atoms with Crippen LogP contribution in [0.1, 0.15) is 5.56 Å². The molecule has 0 amide bonds. The molecule has 4 rings (SSSR count). The molecule has 0 N–H and O–H groups in total. The smallest absolute Gasteiger partial charge is 0.245 e. The molecule has 2 heterocycles. The highest BCUT2D eigenvalue weighted by atomic mass is 19.1. The fourth-order valence-corrected chi connectivity index (χ4v) is 2.73. The van der Waals surface area contributed by atoms with Gasteiger partial charge in [0.2, 0.25) is 5.95 Å². The molecule has 0 saturated heterocycles. The first-order valence-corrected chi connectivity index (χ1v) is 8.45. The Balaban J connectivity index is 1.51. The first kappa shape index (κ1) is 16.8. The molecule has 0 aliphatic heterocycles. The zero-order valence-electron chi connectivity index (χ0n) is 14.7. The van der Waals surface area contributed by atoms with E-state index in [0.717, 1.165) is 22.5 Å². The molecule has 27 heavy (non-hydrogen) atoms. The maximum Gasteiger partial charge on any atom is 0.245 e.